The van der Waals surface area contributed by atoms with E-state index < -0.39 is 5.92 Å². The highest BCUT2D eigenvalue weighted by molar-refractivity contribution is 5.94. The largest absolute Gasteiger partial charge is 0.303 e. The Kier molecular flexibility index (Phi) is 4.62. The van der Waals surface area contributed by atoms with Crippen molar-refractivity contribution in [2.45, 2.75) is 12.8 Å². The van der Waals surface area contributed by atoms with Crippen molar-refractivity contribution >= 4 is 12.1 Å². The van der Waals surface area contributed by atoms with Crippen molar-refractivity contribution in [3.63, 3.8) is 0 Å². The topological polar surface area (TPSA) is 34.1 Å². The third-order valence-electron chi connectivity index (χ3n) is 3.10. The first-order valence-corrected chi connectivity index (χ1v) is 6.35. The smallest absolute Gasteiger partial charge is 0.147 e. The molecule has 0 aliphatic rings. The maximum absolute atomic E-state index is 12.1. The fourth-order valence-corrected chi connectivity index (χ4v) is 2.03. The zero-order valence-electron chi connectivity index (χ0n) is 10.7. The maximum atomic E-state index is 12.1. The summed E-state index contributed by atoms with van der Waals surface area (Å²) in [5.74, 6) is -0.576. The number of aldehydes is 1. The normalized spacial score (nSPS) is 11.8. The van der Waals surface area contributed by atoms with Crippen molar-refractivity contribution in [1.29, 1.82) is 0 Å². The average Bonchev–Trinajstić information content (AvgIpc) is 2.47. The molecule has 2 heteroatoms. The van der Waals surface area contributed by atoms with Crippen LogP contribution >= 0.6 is 0 Å². The van der Waals surface area contributed by atoms with Gasteiger partial charge in [0.1, 0.15) is 12.1 Å². The van der Waals surface area contributed by atoms with E-state index in [1.54, 1.807) is 0 Å². The lowest BCUT2D eigenvalue weighted by atomic mass is 9.93. The maximum Gasteiger partial charge on any atom is 0.147 e. The molecule has 0 aromatic heterocycles. The Balaban J connectivity index is 2.02. The highest BCUT2D eigenvalue weighted by Crippen LogP contribution is 2.11. The van der Waals surface area contributed by atoms with Crippen molar-refractivity contribution in [3.05, 3.63) is 71.8 Å². The molecule has 0 saturated carbocycles. The van der Waals surface area contributed by atoms with Crippen LogP contribution < -0.4 is 0 Å². The van der Waals surface area contributed by atoms with Gasteiger partial charge in [-0.05, 0) is 17.5 Å². The quantitative estimate of drug-likeness (QED) is 0.585. The van der Waals surface area contributed by atoms with Gasteiger partial charge in [-0.2, -0.15) is 0 Å². The van der Waals surface area contributed by atoms with Crippen LogP contribution in [0.2, 0.25) is 0 Å². The van der Waals surface area contributed by atoms with Crippen LogP contribution in [0.3, 0.4) is 0 Å². The van der Waals surface area contributed by atoms with Crippen molar-refractivity contribution in [1.82, 2.24) is 0 Å². The predicted octanol–water partition coefficient (Wildman–Crippen LogP) is 2.86. The summed E-state index contributed by atoms with van der Waals surface area (Å²) in [6.45, 7) is 0. The van der Waals surface area contributed by atoms with Crippen molar-refractivity contribution < 1.29 is 9.59 Å². The zero-order chi connectivity index (χ0) is 13.5. The predicted molar refractivity (Wildman–Crippen MR) is 74.9 cm³/mol. The van der Waals surface area contributed by atoms with Crippen molar-refractivity contribution in [2.24, 2.45) is 5.92 Å². The van der Waals surface area contributed by atoms with E-state index in [9.17, 15) is 9.59 Å². The molecule has 0 saturated heterocycles. The third-order valence-corrected chi connectivity index (χ3v) is 3.10. The van der Waals surface area contributed by atoms with E-state index in [0.29, 0.717) is 12.8 Å². The van der Waals surface area contributed by atoms with Gasteiger partial charge in [-0.25, -0.2) is 0 Å². The van der Waals surface area contributed by atoms with Crippen LogP contribution in [0.5, 0.6) is 0 Å². The minimum absolute atomic E-state index is 0.0231. The van der Waals surface area contributed by atoms with Gasteiger partial charge < -0.3 is 4.79 Å². The molecule has 0 fully saturated rings. The lowest BCUT2D eigenvalue weighted by molar-refractivity contribution is -0.126. The molecule has 96 valence electrons. The first-order valence-electron chi connectivity index (χ1n) is 6.35. The fourth-order valence-electron chi connectivity index (χ4n) is 2.03. The van der Waals surface area contributed by atoms with Gasteiger partial charge in [-0.15, -0.1) is 0 Å². The number of carbonyl (C=O) groups is 2. The second-order valence-electron chi connectivity index (χ2n) is 4.56. The van der Waals surface area contributed by atoms with Gasteiger partial charge in [0, 0.05) is 6.42 Å². The van der Waals surface area contributed by atoms with Crippen LogP contribution in [0.25, 0.3) is 0 Å². The average molecular weight is 252 g/mol. The highest BCUT2D eigenvalue weighted by atomic mass is 16.1. The molecule has 2 rings (SSSR count). The molecule has 2 aromatic rings. The minimum Gasteiger partial charge on any atom is -0.303 e. The van der Waals surface area contributed by atoms with Crippen LogP contribution in [-0.2, 0) is 22.4 Å². The zero-order valence-corrected chi connectivity index (χ0v) is 10.7. The van der Waals surface area contributed by atoms with Gasteiger partial charge in [0.2, 0.25) is 0 Å². The molecule has 1 atom stereocenters. The van der Waals surface area contributed by atoms with E-state index in [4.69, 9.17) is 0 Å². The molecule has 0 radical (unpaired) electrons. The molecule has 0 bridgehead atoms. The SMILES string of the molecule is O=CC(Cc1ccccc1)C(=O)Cc1ccccc1. The molecule has 0 heterocycles. The minimum atomic E-state index is -0.553. The Hall–Kier alpha value is -2.22. The number of Topliss-reactive ketones (excluding diaryl/α,β-unsaturated/α-hetero) is 1. The summed E-state index contributed by atoms with van der Waals surface area (Å²) in [6, 6.07) is 19.1. The second kappa shape index (κ2) is 6.64. The standard InChI is InChI=1S/C17H16O2/c18-13-16(11-14-7-3-1-4-8-14)17(19)12-15-9-5-2-6-10-15/h1-10,13,16H,11-12H2. The first kappa shape index (κ1) is 13.2. The molecule has 19 heavy (non-hydrogen) atoms. The second-order valence-corrected chi connectivity index (χ2v) is 4.56. The highest BCUT2D eigenvalue weighted by Gasteiger charge is 2.18. The van der Waals surface area contributed by atoms with E-state index in [-0.39, 0.29) is 5.78 Å². The molecule has 0 aliphatic carbocycles. The van der Waals surface area contributed by atoms with Gasteiger partial charge in [0.15, 0.2) is 0 Å². The molecule has 0 aliphatic heterocycles. The summed E-state index contributed by atoms with van der Waals surface area (Å²) in [6.07, 6.45) is 1.56. The molecule has 2 aromatic carbocycles. The monoisotopic (exact) mass is 252 g/mol. The van der Waals surface area contributed by atoms with Crippen LogP contribution in [0, 0.1) is 5.92 Å². The molecule has 1 unspecified atom stereocenters. The van der Waals surface area contributed by atoms with Crippen molar-refractivity contribution in [2.75, 3.05) is 0 Å². The Bertz CT molecular complexity index is 532. The summed E-state index contributed by atoms with van der Waals surface area (Å²) < 4.78 is 0. The molecule has 0 amide bonds. The molecule has 0 N–H and O–H groups in total. The summed E-state index contributed by atoms with van der Waals surface area (Å²) in [5.41, 5.74) is 1.97. The van der Waals surface area contributed by atoms with Crippen LogP contribution in [-0.4, -0.2) is 12.1 Å². The molecular weight excluding hydrogens is 236 g/mol. The fraction of sp³-hybridized carbons (Fsp3) is 0.176. The van der Waals surface area contributed by atoms with Gasteiger partial charge >= 0.3 is 0 Å². The molecular formula is C17H16O2. The number of hydrogen-bond acceptors (Lipinski definition) is 2. The van der Waals surface area contributed by atoms with Gasteiger partial charge in [-0.3, -0.25) is 4.79 Å². The lowest BCUT2D eigenvalue weighted by Gasteiger charge is -2.09. The number of ketones is 1. The summed E-state index contributed by atoms with van der Waals surface area (Å²) in [4.78, 5) is 23.2. The van der Waals surface area contributed by atoms with Crippen LogP contribution in [0.4, 0.5) is 0 Å². The summed E-state index contributed by atoms with van der Waals surface area (Å²) in [5, 5.41) is 0. The number of hydrogen-bond donors (Lipinski definition) is 0. The number of carbonyl (C=O) groups excluding carboxylic acids is 2. The van der Waals surface area contributed by atoms with Crippen LogP contribution in [0.15, 0.2) is 60.7 Å². The van der Waals surface area contributed by atoms with Gasteiger partial charge in [0.05, 0.1) is 5.92 Å². The van der Waals surface area contributed by atoms with E-state index in [1.165, 1.54) is 0 Å². The molecule has 0 spiro atoms. The van der Waals surface area contributed by atoms with E-state index in [2.05, 4.69) is 0 Å². The lowest BCUT2D eigenvalue weighted by Crippen LogP contribution is -2.20. The Morgan fingerprint density at radius 2 is 1.42 bits per heavy atom. The Morgan fingerprint density at radius 3 is 1.95 bits per heavy atom. The van der Waals surface area contributed by atoms with Crippen LogP contribution in [0.1, 0.15) is 11.1 Å². The van der Waals surface area contributed by atoms with E-state index in [1.807, 2.05) is 60.7 Å². The third kappa shape index (κ3) is 3.88. The number of benzene rings is 2. The van der Waals surface area contributed by atoms with E-state index >= 15 is 0 Å². The van der Waals surface area contributed by atoms with Gasteiger partial charge in [-0.1, -0.05) is 60.7 Å². The number of rotatable bonds is 6. The van der Waals surface area contributed by atoms with E-state index in [0.717, 1.165) is 17.4 Å². The first-order chi connectivity index (χ1) is 9.29. The summed E-state index contributed by atoms with van der Waals surface area (Å²) >= 11 is 0. The van der Waals surface area contributed by atoms with Gasteiger partial charge in [0.25, 0.3) is 0 Å². The summed E-state index contributed by atoms with van der Waals surface area (Å²) in [7, 11) is 0. The Labute approximate surface area is 113 Å². The molecule has 2 nitrogen and oxygen atoms in total. The Morgan fingerprint density at radius 1 is 0.895 bits per heavy atom. The van der Waals surface area contributed by atoms with Crippen molar-refractivity contribution in [3.8, 4) is 0 Å².